The van der Waals surface area contributed by atoms with Gasteiger partial charge in [0.25, 0.3) is 0 Å². The Morgan fingerprint density at radius 2 is 1.90 bits per heavy atom. The Hall–Kier alpha value is -1.98. The molecule has 0 saturated carbocycles. The van der Waals surface area contributed by atoms with Crippen LogP contribution >= 0.6 is 27.3 Å². The van der Waals surface area contributed by atoms with Gasteiger partial charge in [0.1, 0.15) is 5.01 Å². The highest BCUT2D eigenvalue weighted by Gasteiger charge is 2.01. The molecular formula is C16H11BrN2OS. The third-order valence-corrected chi connectivity index (χ3v) is 4.33. The number of hydrogen-bond acceptors (Lipinski definition) is 3. The van der Waals surface area contributed by atoms with E-state index in [9.17, 15) is 4.79 Å². The van der Waals surface area contributed by atoms with E-state index in [-0.39, 0.29) is 5.91 Å². The average Bonchev–Trinajstić information content (AvgIpc) is 2.90. The molecule has 3 aromatic rings. The van der Waals surface area contributed by atoms with Crippen LogP contribution in [0.15, 0.2) is 59.1 Å². The predicted octanol–water partition coefficient (Wildman–Crippen LogP) is 4.71. The molecule has 5 heteroatoms. The minimum absolute atomic E-state index is 0.170. The Labute approximate surface area is 134 Å². The van der Waals surface area contributed by atoms with E-state index >= 15 is 0 Å². The quantitative estimate of drug-likeness (QED) is 0.688. The van der Waals surface area contributed by atoms with Crippen molar-refractivity contribution in [3.63, 3.8) is 0 Å². The maximum absolute atomic E-state index is 11.9. The topological polar surface area (TPSA) is 42.0 Å². The molecule has 1 amide bonds. The molecule has 104 valence electrons. The predicted molar refractivity (Wildman–Crippen MR) is 91.4 cm³/mol. The monoisotopic (exact) mass is 358 g/mol. The molecule has 0 radical (unpaired) electrons. The number of hydrogen-bond donors (Lipinski definition) is 1. The van der Waals surface area contributed by atoms with E-state index in [2.05, 4.69) is 26.2 Å². The summed E-state index contributed by atoms with van der Waals surface area (Å²) < 4.78 is 2.09. The van der Waals surface area contributed by atoms with Crippen LogP contribution in [-0.4, -0.2) is 10.9 Å². The highest BCUT2D eigenvalue weighted by molar-refractivity contribution is 9.10. The molecule has 21 heavy (non-hydrogen) atoms. The molecule has 2 aromatic carbocycles. The van der Waals surface area contributed by atoms with E-state index < -0.39 is 0 Å². The Bertz CT molecular complexity index is 776. The van der Waals surface area contributed by atoms with Crippen LogP contribution < -0.4 is 5.32 Å². The summed E-state index contributed by atoms with van der Waals surface area (Å²) >= 11 is 4.92. The highest BCUT2D eigenvalue weighted by Crippen LogP contribution is 2.22. The van der Waals surface area contributed by atoms with Crippen molar-refractivity contribution in [2.75, 3.05) is 5.32 Å². The summed E-state index contributed by atoms with van der Waals surface area (Å²) in [5.41, 5.74) is 1.72. The number of nitrogens with one attached hydrogen (secondary N) is 1. The summed E-state index contributed by atoms with van der Waals surface area (Å²) in [6.45, 7) is 0. The summed E-state index contributed by atoms with van der Waals surface area (Å²) in [4.78, 5) is 16.3. The van der Waals surface area contributed by atoms with Gasteiger partial charge in [-0.05, 0) is 42.5 Å². The standard InChI is InChI=1S/C16H11BrN2OS/c17-11-5-7-12(8-6-11)18-15(20)9-10-16-19-13-3-1-2-4-14(13)21-16/h1-10H,(H,18,20). The molecule has 1 heterocycles. The molecular weight excluding hydrogens is 348 g/mol. The lowest BCUT2D eigenvalue weighted by Crippen LogP contribution is -2.07. The average molecular weight is 359 g/mol. The van der Waals surface area contributed by atoms with Gasteiger partial charge in [-0.25, -0.2) is 4.98 Å². The van der Waals surface area contributed by atoms with Crippen LogP contribution in [0.2, 0.25) is 0 Å². The van der Waals surface area contributed by atoms with Gasteiger partial charge in [0.15, 0.2) is 0 Å². The molecule has 0 unspecified atom stereocenters. The van der Waals surface area contributed by atoms with Crippen molar-refractivity contribution in [3.8, 4) is 0 Å². The van der Waals surface area contributed by atoms with Crippen LogP contribution in [0.1, 0.15) is 5.01 Å². The maximum Gasteiger partial charge on any atom is 0.248 e. The molecule has 0 bridgehead atoms. The smallest absolute Gasteiger partial charge is 0.248 e. The number of amides is 1. The second kappa shape index (κ2) is 6.20. The molecule has 0 aliphatic rings. The summed E-state index contributed by atoms with van der Waals surface area (Å²) in [6, 6.07) is 15.4. The van der Waals surface area contributed by atoms with E-state index in [0.29, 0.717) is 0 Å². The number of carbonyl (C=O) groups is 1. The van der Waals surface area contributed by atoms with Crippen LogP contribution in [0.5, 0.6) is 0 Å². The van der Waals surface area contributed by atoms with Crippen LogP contribution in [-0.2, 0) is 4.79 Å². The van der Waals surface area contributed by atoms with Gasteiger partial charge in [-0.3, -0.25) is 4.79 Å². The Morgan fingerprint density at radius 3 is 2.67 bits per heavy atom. The molecule has 0 spiro atoms. The normalized spacial score (nSPS) is 11.1. The maximum atomic E-state index is 11.9. The largest absolute Gasteiger partial charge is 0.323 e. The zero-order chi connectivity index (χ0) is 14.7. The number of nitrogens with zero attached hydrogens (tertiary/aromatic N) is 1. The molecule has 3 nitrogen and oxygen atoms in total. The molecule has 0 fully saturated rings. The SMILES string of the molecule is O=C(C=Cc1nc2ccccc2s1)Nc1ccc(Br)cc1. The molecule has 3 rings (SSSR count). The van der Waals surface area contributed by atoms with E-state index in [1.165, 1.54) is 6.08 Å². The molecule has 1 aromatic heterocycles. The van der Waals surface area contributed by atoms with Crippen molar-refractivity contribution in [1.82, 2.24) is 4.98 Å². The zero-order valence-corrected chi connectivity index (χ0v) is 13.3. The molecule has 0 saturated heterocycles. The summed E-state index contributed by atoms with van der Waals surface area (Å²) in [7, 11) is 0. The fourth-order valence-corrected chi connectivity index (χ4v) is 2.96. The fraction of sp³-hybridized carbons (Fsp3) is 0. The number of anilines is 1. The molecule has 0 aliphatic heterocycles. The molecule has 0 atom stereocenters. The summed E-state index contributed by atoms with van der Waals surface area (Å²) in [5, 5.41) is 3.62. The van der Waals surface area contributed by atoms with Gasteiger partial charge in [0, 0.05) is 16.2 Å². The molecule has 1 N–H and O–H groups in total. The van der Waals surface area contributed by atoms with Crippen LogP contribution in [0.3, 0.4) is 0 Å². The minimum Gasteiger partial charge on any atom is -0.323 e. The number of para-hydroxylation sites is 1. The van der Waals surface area contributed by atoms with Crippen molar-refractivity contribution in [2.24, 2.45) is 0 Å². The van der Waals surface area contributed by atoms with Crippen molar-refractivity contribution in [3.05, 3.63) is 64.1 Å². The number of aromatic nitrogens is 1. The lowest BCUT2D eigenvalue weighted by molar-refractivity contribution is -0.111. The highest BCUT2D eigenvalue weighted by atomic mass is 79.9. The summed E-state index contributed by atoms with van der Waals surface area (Å²) in [5.74, 6) is -0.170. The van der Waals surface area contributed by atoms with Crippen molar-refractivity contribution in [2.45, 2.75) is 0 Å². The number of carbonyl (C=O) groups excluding carboxylic acids is 1. The first kappa shape index (κ1) is 14.0. The first-order chi connectivity index (χ1) is 10.2. The van der Waals surface area contributed by atoms with E-state index in [1.54, 1.807) is 17.4 Å². The fourth-order valence-electron chi connectivity index (χ4n) is 1.83. The van der Waals surface area contributed by atoms with Gasteiger partial charge in [0.2, 0.25) is 5.91 Å². The second-order valence-electron chi connectivity index (χ2n) is 4.35. The number of halogens is 1. The lowest BCUT2D eigenvalue weighted by Gasteiger charge is -2.01. The first-order valence-corrected chi connectivity index (χ1v) is 7.92. The third kappa shape index (κ3) is 3.56. The van der Waals surface area contributed by atoms with Crippen LogP contribution in [0, 0.1) is 0 Å². The van der Waals surface area contributed by atoms with Gasteiger partial charge in [-0.1, -0.05) is 28.1 Å². The van der Waals surface area contributed by atoms with Gasteiger partial charge in [0.05, 0.1) is 10.2 Å². The first-order valence-electron chi connectivity index (χ1n) is 6.31. The number of rotatable bonds is 3. The van der Waals surface area contributed by atoms with E-state index in [1.807, 2.05) is 48.5 Å². The minimum atomic E-state index is -0.170. The van der Waals surface area contributed by atoms with Crippen LogP contribution in [0.25, 0.3) is 16.3 Å². The van der Waals surface area contributed by atoms with Gasteiger partial charge < -0.3 is 5.32 Å². The summed E-state index contributed by atoms with van der Waals surface area (Å²) in [6.07, 6.45) is 3.23. The van der Waals surface area contributed by atoms with Crippen molar-refractivity contribution in [1.29, 1.82) is 0 Å². The number of thiazole rings is 1. The third-order valence-electron chi connectivity index (χ3n) is 2.80. The van der Waals surface area contributed by atoms with E-state index in [0.717, 1.165) is 25.4 Å². The number of fused-ring (bicyclic) bond motifs is 1. The van der Waals surface area contributed by atoms with Gasteiger partial charge in [-0.2, -0.15) is 0 Å². The second-order valence-corrected chi connectivity index (χ2v) is 6.33. The van der Waals surface area contributed by atoms with Crippen LogP contribution in [0.4, 0.5) is 5.69 Å². The Balaban J connectivity index is 1.70. The Morgan fingerprint density at radius 1 is 1.14 bits per heavy atom. The van der Waals surface area contributed by atoms with Gasteiger partial charge in [-0.15, -0.1) is 11.3 Å². The van der Waals surface area contributed by atoms with Gasteiger partial charge >= 0.3 is 0 Å². The van der Waals surface area contributed by atoms with E-state index in [4.69, 9.17) is 0 Å². The molecule has 0 aliphatic carbocycles. The number of benzene rings is 2. The Kier molecular flexibility index (Phi) is 4.13. The van der Waals surface area contributed by atoms with Crippen molar-refractivity contribution < 1.29 is 4.79 Å². The zero-order valence-electron chi connectivity index (χ0n) is 10.9. The van der Waals surface area contributed by atoms with Crippen molar-refractivity contribution >= 4 is 55.2 Å². The lowest BCUT2D eigenvalue weighted by atomic mass is 10.3.